The maximum Gasteiger partial charge on any atom is 0.416 e. The second-order valence-electron chi connectivity index (χ2n) is 8.79. The number of ketones is 2. The Morgan fingerprint density at radius 1 is 0.735 bits per heavy atom. The second-order valence-corrected chi connectivity index (χ2v) is 8.79. The molecule has 0 unspecified atom stereocenters. The van der Waals surface area contributed by atoms with Crippen LogP contribution < -0.4 is 4.90 Å². The molecule has 3 aromatic carbocycles. The molecule has 0 aromatic heterocycles. The Morgan fingerprint density at radius 3 is 1.91 bits per heavy atom. The molecule has 1 saturated heterocycles. The van der Waals surface area contributed by atoms with Gasteiger partial charge in [0, 0.05) is 49.5 Å². The van der Waals surface area contributed by atoms with Gasteiger partial charge in [-0.2, -0.15) is 13.2 Å². The lowest BCUT2D eigenvalue weighted by Gasteiger charge is -2.40. The van der Waals surface area contributed by atoms with Gasteiger partial charge in [-0.25, -0.2) is 0 Å². The number of hydrogen-bond acceptors (Lipinski definition) is 4. The highest BCUT2D eigenvalue weighted by atomic mass is 19.4. The molecule has 0 N–H and O–H groups in total. The number of fused-ring (bicyclic) bond motifs is 1. The summed E-state index contributed by atoms with van der Waals surface area (Å²) < 4.78 is 39.4. The van der Waals surface area contributed by atoms with Gasteiger partial charge in [-0.1, -0.05) is 60.7 Å². The van der Waals surface area contributed by atoms with E-state index in [0.29, 0.717) is 48.6 Å². The summed E-state index contributed by atoms with van der Waals surface area (Å²) in [4.78, 5) is 31.3. The van der Waals surface area contributed by atoms with Crippen LogP contribution in [0.25, 0.3) is 0 Å². The average molecular weight is 464 g/mol. The van der Waals surface area contributed by atoms with E-state index in [4.69, 9.17) is 0 Å². The normalized spacial score (nSPS) is 18.3. The van der Waals surface area contributed by atoms with Crippen LogP contribution in [0, 0.1) is 0 Å². The molecule has 0 radical (unpaired) electrons. The van der Waals surface area contributed by atoms with E-state index in [9.17, 15) is 22.8 Å². The third kappa shape index (κ3) is 3.70. The van der Waals surface area contributed by atoms with Crippen molar-refractivity contribution in [2.24, 2.45) is 0 Å². The molecule has 1 fully saturated rings. The number of benzene rings is 3. The lowest BCUT2D eigenvalue weighted by atomic mass is 9.75. The molecule has 4 nitrogen and oxygen atoms in total. The fourth-order valence-electron chi connectivity index (χ4n) is 5.04. The first-order chi connectivity index (χ1) is 16.3. The van der Waals surface area contributed by atoms with Gasteiger partial charge in [0.25, 0.3) is 0 Å². The van der Waals surface area contributed by atoms with Crippen molar-refractivity contribution in [1.29, 1.82) is 0 Å². The number of anilines is 1. The summed E-state index contributed by atoms with van der Waals surface area (Å²) in [6, 6.07) is 21.4. The number of Topliss-reactive ketones (excluding diaryl/α,β-unsaturated/α-hetero) is 2. The maximum atomic E-state index is 13.7. The number of alkyl halides is 3. The minimum Gasteiger partial charge on any atom is -0.369 e. The van der Waals surface area contributed by atoms with Crippen LogP contribution in [-0.4, -0.2) is 49.2 Å². The maximum absolute atomic E-state index is 13.7. The molecule has 34 heavy (non-hydrogen) atoms. The van der Waals surface area contributed by atoms with Crippen molar-refractivity contribution in [3.05, 3.63) is 101 Å². The summed E-state index contributed by atoms with van der Waals surface area (Å²) in [6.45, 7) is 2.30. The van der Waals surface area contributed by atoms with Crippen LogP contribution in [-0.2, 0) is 11.6 Å². The fraction of sp³-hybridized carbons (Fsp3) is 0.259. The third-order valence-corrected chi connectivity index (χ3v) is 6.83. The number of hydrogen-bond donors (Lipinski definition) is 0. The number of carbonyl (C=O) groups is 2. The van der Waals surface area contributed by atoms with Crippen LogP contribution in [0.4, 0.5) is 18.9 Å². The first-order valence-corrected chi connectivity index (χ1v) is 11.2. The average Bonchev–Trinajstić information content (AvgIpc) is 3.07. The van der Waals surface area contributed by atoms with Crippen LogP contribution in [0.3, 0.4) is 0 Å². The van der Waals surface area contributed by atoms with Crippen LogP contribution in [0.15, 0.2) is 78.9 Å². The lowest BCUT2D eigenvalue weighted by molar-refractivity contribution is -0.137. The zero-order valence-corrected chi connectivity index (χ0v) is 18.4. The first-order valence-electron chi connectivity index (χ1n) is 11.2. The molecule has 5 rings (SSSR count). The zero-order chi connectivity index (χ0) is 23.9. The number of carbonyl (C=O) groups excluding carboxylic acids is 2. The number of rotatable bonds is 4. The Bertz CT molecular complexity index is 1200. The van der Waals surface area contributed by atoms with E-state index < -0.39 is 17.2 Å². The van der Waals surface area contributed by atoms with Gasteiger partial charge in [0.15, 0.2) is 11.6 Å². The van der Waals surface area contributed by atoms with Crippen molar-refractivity contribution in [3.63, 3.8) is 0 Å². The van der Waals surface area contributed by atoms with E-state index in [2.05, 4.69) is 4.90 Å². The third-order valence-electron chi connectivity index (χ3n) is 6.83. The van der Waals surface area contributed by atoms with Gasteiger partial charge >= 0.3 is 6.18 Å². The molecule has 0 atom stereocenters. The van der Waals surface area contributed by atoms with Crippen LogP contribution >= 0.6 is 0 Å². The highest BCUT2D eigenvalue weighted by molar-refractivity contribution is 6.33. The quantitative estimate of drug-likeness (QED) is 0.518. The van der Waals surface area contributed by atoms with Crippen LogP contribution in [0.1, 0.15) is 31.8 Å². The summed E-state index contributed by atoms with van der Waals surface area (Å²) in [6.07, 6.45) is -4.39. The van der Waals surface area contributed by atoms with E-state index in [-0.39, 0.29) is 18.1 Å². The van der Waals surface area contributed by atoms with Crippen molar-refractivity contribution >= 4 is 17.3 Å². The predicted molar refractivity (Wildman–Crippen MR) is 123 cm³/mol. The molecule has 0 amide bonds. The minimum absolute atomic E-state index is 0.195. The predicted octanol–water partition coefficient (Wildman–Crippen LogP) is 4.84. The molecular weight excluding hydrogens is 441 g/mol. The van der Waals surface area contributed by atoms with Crippen molar-refractivity contribution in [3.8, 4) is 0 Å². The molecule has 1 aliphatic heterocycles. The zero-order valence-electron chi connectivity index (χ0n) is 18.4. The Morgan fingerprint density at radius 2 is 1.32 bits per heavy atom. The molecule has 1 heterocycles. The van der Waals surface area contributed by atoms with Crippen molar-refractivity contribution in [2.75, 3.05) is 37.6 Å². The summed E-state index contributed by atoms with van der Waals surface area (Å²) in [7, 11) is 0. The Hall–Kier alpha value is -3.45. The van der Waals surface area contributed by atoms with E-state index in [1.54, 1.807) is 30.3 Å². The van der Waals surface area contributed by atoms with E-state index in [0.717, 1.165) is 6.07 Å². The lowest BCUT2D eigenvalue weighted by Crippen LogP contribution is -2.54. The number of piperazine rings is 1. The Labute approximate surface area is 195 Å². The van der Waals surface area contributed by atoms with Gasteiger partial charge in [-0.15, -0.1) is 0 Å². The van der Waals surface area contributed by atoms with Crippen molar-refractivity contribution in [1.82, 2.24) is 4.90 Å². The molecule has 174 valence electrons. The minimum atomic E-state index is -4.39. The molecule has 3 aromatic rings. The van der Waals surface area contributed by atoms with Crippen molar-refractivity contribution in [2.45, 2.75) is 11.6 Å². The Balaban J connectivity index is 1.39. The molecular formula is C27H23F3N2O2. The summed E-state index contributed by atoms with van der Waals surface area (Å²) in [5.41, 5.74) is 0.0889. The van der Waals surface area contributed by atoms with Gasteiger partial charge in [0.2, 0.25) is 0 Å². The van der Waals surface area contributed by atoms with Gasteiger partial charge < -0.3 is 4.90 Å². The van der Waals surface area contributed by atoms with Gasteiger partial charge in [0.1, 0.15) is 5.41 Å². The number of halogens is 3. The van der Waals surface area contributed by atoms with Gasteiger partial charge in [0.05, 0.1) is 5.56 Å². The number of nitrogens with zero attached hydrogens (tertiary/aromatic N) is 2. The van der Waals surface area contributed by atoms with E-state index in [1.165, 1.54) is 12.1 Å². The van der Waals surface area contributed by atoms with Gasteiger partial charge in [-0.05, 0) is 23.8 Å². The van der Waals surface area contributed by atoms with Crippen molar-refractivity contribution < 1.29 is 22.8 Å². The smallest absolute Gasteiger partial charge is 0.369 e. The second kappa shape index (κ2) is 8.40. The molecule has 2 aliphatic rings. The van der Waals surface area contributed by atoms with E-state index >= 15 is 0 Å². The first kappa shape index (κ1) is 22.3. The fourth-order valence-corrected chi connectivity index (χ4v) is 5.04. The van der Waals surface area contributed by atoms with Crippen LogP contribution in [0.5, 0.6) is 0 Å². The summed E-state index contributed by atoms with van der Waals surface area (Å²) in [5.74, 6) is -0.390. The van der Waals surface area contributed by atoms with Crippen LogP contribution in [0.2, 0.25) is 0 Å². The summed E-state index contributed by atoms with van der Waals surface area (Å²) in [5, 5.41) is 0. The van der Waals surface area contributed by atoms with Gasteiger partial charge in [-0.3, -0.25) is 14.5 Å². The highest BCUT2D eigenvalue weighted by Crippen LogP contribution is 2.41. The largest absolute Gasteiger partial charge is 0.416 e. The monoisotopic (exact) mass is 464 g/mol. The van der Waals surface area contributed by atoms with E-state index in [1.807, 2.05) is 35.2 Å². The highest BCUT2D eigenvalue weighted by Gasteiger charge is 2.54. The summed E-state index contributed by atoms with van der Waals surface area (Å²) >= 11 is 0. The molecule has 0 spiro atoms. The molecule has 7 heteroatoms. The molecule has 0 saturated carbocycles. The Kier molecular flexibility index (Phi) is 5.52. The standard InChI is InChI=1S/C27H23F3N2O2/c28-27(29,30)20-9-6-10-21(17-20)32-15-13-31(14-16-32)18-26(19-7-2-1-3-8-19)24(33)22-11-4-5-12-23(22)25(26)34/h1-12,17H,13-16,18H2. The SMILES string of the molecule is O=C1c2ccccc2C(=O)C1(CN1CCN(c2cccc(C(F)(F)F)c2)CC1)c1ccccc1. The molecule has 1 aliphatic carbocycles. The topological polar surface area (TPSA) is 40.6 Å². The molecule has 0 bridgehead atoms.